The van der Waals surface area contributed by atoms with Crippen LogP contribution in [0.1, 0.15) is 51.5 Å². The van der Waals surface area contributed by atoms with E-state index in [0.29, 0.717) is 24.5 Å². The molecule has 0 radical (unpaired) electrons. The van der Waals surface area contributed by atoms with Gasteiger partial charge in [-0.05, 0) is 32.3 Å². The van der Waals surface area contributed by atoms with E-state index >= 15 is 0 Å². The summed E-state index contributed by atoms with van der Waals surface area (Å²) in [4.78, 5) is 20.3. The van der Waals surface area contributed by atoms with Gasteiger partial charge in [-0.15, -0.1) is 0 Å². The minimum Gasteiger partial charge on any atom is -0.379 e. The number of benzene rings is 1. The van der Waals surface area contributed by atoms with Crippen LogP contribution < -0.4 is 0 Å². The van der Waals surface area contributed by atoms with E-state index in [9.17, 15) is 4.79 Å². The average Bonchev–Trinajstić information content (AvgIpc) is 2.76. The molecule has 29 heavy (non-hydrogen) atoms. The molecule has 1 saturated carbocycles. The third-order valence-electron chi connectivity index (χ3n) is 6.49. The molecule has 1 aromatic carbocycles. The van der Waals surface area contributed by atoms with Crippen molar-refractivity contribution in [2.24, 2.45) is 0 Å². The fourth-order valence-corrected chi connectivity index (χ4v) is 4.75. The van der Waals surface area contributed by atoms with Gasteiger partial charge in [0.2, 0.25) is 5.91 Å². The lowest BCUT2D eigenvalue weighted by atomic mass is 9.94. The van der Waals surface area contributed by atoms with E-state index in [1.54, 1.807) is 0 Å². The molecule has 1 amide bonds. The summed E-state index contributed by atoms with van der Waals surface area (Å²) < 4.78 is 5.50. The smallest absolute Gasteiger partial charge is 0.237 e. The maximum absolute atomic E-state index is 13.3. The Morgan fingerprint density at radius 2 is 1.83 bits per heavy atom. The van der Waals surface area contributed by atoms with Crippen molar-refractivity contribution in [1.82, 2.24) is 14.7 Å². The van der Waals surface area contributed by atoms with Gasteiger partial charge in [0.15, 0.2) is 0 Å². The Bertz CT molecular complexity index is 597. The summed E-state index contributed by atoms with van der Waals surface area (Å²) in [6.07, 6.45) is 6.17. The molecule has 2 aliphatic rings. The van der Waals surface area contributed by atoms with Crippen LogP contribution in [0.3, 0.4) is 0 Å². The van der Waals surface area contributed by atoms with Gasteiger partial charge in [-0.2, -0.15) is 0 Å². The number of carbonyl (C=O) groups is 1. The average molecular weight is 402 g/mol. The van der Waals surface area contributed by atoms with Gasteiger partial charge in [0.1, 0.15) is 0 Å². The van der Waals surface area contributed by atoms with Crippen LogP contribution in [-0.4, -0.2) is 78.6 Å². The maximum Gasteiger partial charge on any atom is 0.237 e. The predicted molar refractivity (Wildman–Crippen MR) is 118 cm³/mol. The van der Waals surface area contributed by atoms with E-state index in [1.807, 2.05) is 0 Å². The zero-order chi connectivity index (χ0) is 20.5. The highest BCUT2D eigenvalue weighted by Crippen LogP contribution is 2.23. The molecule has 0 N–H and O–H groups in total. The molecule has 0 bridgehead atoms. The summed E-state index contributed by atoms with van der Waals surface area (Å²) in [6, 6.07) is 11.3. The van der Waals surface area contributed by atoms with Crippen LogP contribution in [-0.2, 0) is 16.1 Å². The first-order valence-electron chi connectivity index (χ1n) is 11.5. The van der Waals surface area contributed by atoms with Crippen molar-refractivity contribution in [3.8, 4) is 0 Å². The summed E-state index contributed by atoms with van der Waals surface area (Å²) in [5.41, 5.74) is 1.27. The van der Waals surface area contributed by atoms with Crippen LogP contribution in [0.5, 0.6) is 0 Å². The highest BCUT2D eigenvalue weighted by atomic mass is 16.5. The van der Waals surface area contributed by atoms with Gasteiger partial charge >= 0.3 is 0 Å². The van der Waals surface area contributed by atoms with Crippen LogP contribution in [0, 0.1) is 0 Å². The first-order valence-corrected chi connectivity index (χ1v) is 11.5. The standard InChI is InChI=1S/C24H39N3O2/c1-3-27(23-12-8-5-9-13-23)24(28)20-26(19-22-10-6-4-7-11-22)21(2)18-25-14-16-29-17-15-25/h4,6-7,10-11,21,23H,3,5,8-9,12-20H2,1-2H3. The fourth-order valence-electron chi connectivity index (χ4n) is 4.75. The summed E-state index contributed by atoms with van der Waals surface area (Å²) in [7, 11) is 0. The number of rotatable bonds is 9. The Kier molecular flexibility index (Phi) is 8.96. The van der Waals surface area contributed by atoms with E-state index in [2.05, 4.69) is 58.9 Å². The van der Waals surface area contributed by atoms with E-state index in [0.717, 1.165) is 45.9 Å². The number of morpholine rings is 1. The number of ether oxygens (including phenoxy) is 1. The molecule has 162 valence electrons. The van der Waals surface area contributed by atoms with Gasteiger partial charge in [-0.25, -0.2) is 0 Å². The topological polar surface area (TPSA) is 36.0 Å². The number of carbonyl (C=O) groups excluding carboxylic acids is 1. The molecular weight excluding hydrogens is 362 g/mol. The molecule has 1 unspecified atom stereocenters. The minimum atomic E-state index is 0.296. The van der Waals surface area contributed by atoms with E-state index < -0.39 is 0 Å². The second-order valence-electron chi connectivity index (χ2n) is 8.62. The van der Waals surface area contributed by atoms with Crippen molar-refractivity contribution in [3.05, 3.63) is 35.9 Å². The minimum absolute atomic E-state index is 0.296. The van der Waals surface area contributed by atoms with Crippen molar-refractivity contribution in [2.75, 3.05) is 45.9 Å². The van der Waals surface area contributed by atoms with Crippen LogP contribution in [0.15, 0.2) is 30.3 Å². The van der Waals surface area contributed by atoms with Crippen LogP contribution >= 0.6 is 0 Å². The Morgan fingerprint density at radius 1 is 1.14 bits per heavy atom. The zero-order valence-electron chi connectivity index (χ0n) is 18.4. The van der Waals surface area contributed by atoms with Gasteiger partial charge in [0.05, 0.1) is 19.8 Å². The number of hydrogen-bond acceptors (Lipinski definition) is 4. The number of amides is 1. The molecule has 1 aliphatic heterocycles. The molecule has 1 atom stereocenters. The molecule has 1 heterocycles. The molecule has 1 aliphatic carbocycles. The van der Waals surface area contributed by atoms with Gasteiger partial charge in [0, 0.05) is 44.8 Å². The summed E-state index contributed by atoms with van der Waals surface area (Å²) in [6.45, 7) is 11.1. The SMILES string of the molecule is CCN(C(=O)CN(Cc1ccccc1)C(C)CN1CCOCC1)C1CCCCC1. The quantitative estimate of drug-likeness (QED) is 0.635. The monoisotopic (exact) mass is 401 g/mol. The molecule has 1 saturated heterocycles. The Labute approximate surface area is 177 Å². The first kappa shape index (κ1) is 22.3. The van der Waals surface area contributed by atoms with Crippen LogP contribution in [0.2, 0.25) is 0 Å². The number of hydrogen-bond donors (Lipinski definition) is 0. The first-order chi connectivity index (χ1) is 14.2. The normalized spacial score (nSPS) is 20.0. The van der Waals surface area contributed by atoms with Gasteiger partial charge < -0.3 is 9.64 Å². The largest absolute Gasteiger partial charge is 0.379 e. The van der Waals surface area contributed by atoms with Gasteiger partial charge in [-0.3, -0.25) is 14.6 Å². The molecular formula is C24H39N3O2. The lowest BCUT2D eigenvalue weighted by molar-refractivity contribution is -0.136. The highest BCUT2D eigenvalue weighted by molar-refractivity contribution is 5.78. The van der Waals surface area contributed by atoms with Gasteiger partial charge in [0.25, 0.3) is 0 Å². The summed E-state index contributed by atoms with van der Waals surface area (Å²) in [5, 5.41) is 0. The highest BCUT2D eigenvalue weighted by Gasteiger charge is 2.27. The molecule has 2 fully saturated rings. The van der Waals surface area contributed by atoms with Gasteiger partial charge in [-0.1, -0.05) is 49.6 Å². The zero-order valence-corrected chi connectivity index (χ0v) is 18.4. The molecule has 0 spiro atoms. The molecule has 5 nitrogen and oxygen atoms in total. The van der Waals surface area contributed by atoms with E-state index in [-0.39, 0.29) is 0 Å². The lowest BCUT2D eigenvalue weighted by Gasteiger charge is -2.38. The van der Waals surface area contributed by atoms with Crippen molar-refractivity contribution in [2.45, 2.75) is 64.6 Å². The molecule has 0 aromatic heterocycles. The van der Waals surface area contributed by atoms with E-state index in [1.165, 1.54) is 37.7 Å². The fraction of sp³-hybridized carbons (Fsp3) is 0.708. The van der Waals surface area contributed by atoms with Crippen molar-refractivity contribution in [1.29, 1.82) is 0 Å². The number of nitrogens with zero attached hydrogens (tertiary/aromatic N) is 3. The van der Waals surface area contributed by atoms with Crippen molar-refractivity contribution >= 4 is 5.91 Å². The third kappa shape index (κ3) is 6.80. The lowest BCUT2D eigenvalue weighted by Crippen LogP contribution is -2.51. The summed E-state index contributed by atoms with van der Waals surface area (Å²) >= 11 is 0. The Morgan fingerprint density at radius 3 is 2.48 bits per heavy atom. The number of likely N-dealkylation sites (N-methyl/N-ethyl adjacent to an activating group) is 1. The van der Waals surface area contributed by atoms with Crippen molar-refractivity contribution < 1.29 is 9.53 Å². The summed E-state index contributed by atoms with van der Waals surface area (Å²) in [5.74, 6) is 0.296. The van der Waals surface area contributed by atoms with Crippen molar-refractivity contribution in [3.63, 3.8) is 0 Å². The second kappa shape index (κ2) is 11.7. The maximum atomic E-state index is 13.3. The molecule has 1 aromatic rings. The van der Waals surface area contributed by atoms with Crippen LogP contribution in [0.4, 0.5) is 0 Å². The molecule has 3 rings (SSSR count). The van der Waals surface area contributed by atoms with Crippen LogP contribution in [0.25, 0.3) is 0 Å². The predicted octanol–water partition coefficient (Wildman–Crippen LogP) is 3.39. The Balaban J connectivity index is 1.66. The Hall–Kier alpha value is -1.43. The molecule has 5 heteroatoms. The second-order valence-corrected chi connectivity index (χ2v) is 8.62. The van der Waals surface area contributed by atoms with E-state index in [4.69, 9.17) is 4.74 Å². The third-order valence-corrected chi connectivity index (χ3v) is 6.49.